The first-order chi connectivity index (χ1) is 31.4. The minimum absolute atomic E-state index is 0.0367. The number of alkyl halides is 3. The summed E-state index contributed by atoms with van der Waals surface area (Å²) in [5, 5.41) is 20.1. The Morgan fingerprint density at radius 2 is 1.55 bits per heavy atom. The van der Waals surface area contributed by atoms with Gasteiger partial charge in [-0.1, -0.05) is 47.0 Å². The number of fused-ring (bicyclic) bond motifs is 4. The van der Waals surface area contributed by atoms with Crippen molar-refractivity contribution in [3.63, 3.8) is 0 Å². The van der Waals surface area contributed by atoms with Gasteiger partial charge in [-0.2, -0.15) is 28.4 Å². The van der Waals surface area contributed by atoms with Gasteiger partial charge in [0.25, 0.3) is 11.8 Å². The zero-order chi connectivity index (χ0) is 47.0. The van der Waals surface area contributed by atoms with Crippen LogP contribution in [0.3, 0.4) is 0 Å². The van der Waals surface area contributed by atoms with Crippen LogP contribution in [-0.2, 0) is 30.8 Å². The van der Waals surface area contributed by atoms with Crippen molar-refractivity contribution >= 4 is 91.3 Å². The van der Waals surface area contributed by atoms with Crippen LogP contribution in [0, 0.1) is 23.7 Å². The zero-order valence-corrected chi connectivity index (χ0v) is 38.2. The lowest BCUT2D eigenvalue weighted by atomic mass is 9.49. The topological polar surface area (TPSA) is 157 Å². The van der Waals surface area contributed by atoms with Crippen LogP contribution in [0.2, 0.25) is 10.0 Å². The predicted molar refractivity (Wildman–Crippen MR) is 243 cm³/mol. The summed E-state index contributed by atoms with van der Waals surface area (Å²) in [6.45, 7) is 0. The SMILES string of the molecule is COc1cc(C2C3=CCC4C(=O)N(c5ccc(N=Nc6ccc(N(C)C)cc6)cc5)C(=O)C4C3CC3C(=O)N(Nc4ncc(C(F)(F)F)cc4Cl)C(=O)C32c2ccc(Cl)cc2)cc(Br)c1O. The molecule has 6 unspecified atom stereocenters. The number of imide groups is 2. The summed E-state index contributed by atoms with van der Waals surface area (Å²) < 4.78 is 46.6. The summed E-state index contributed by atoms with van der Waals surface area (Å²) in [6, 6.07) is 24.2. The van der Waals surface area contributed by atoms with Crippen LogP contribution in [0.25, 0.3) is 0 Å². The molecule has 19 heteroatoms. The van der Waals surface area contributed by atoms with E-state index in [4.69, 9.17) is 27.9 Å². The molecule has 6 atom stereocenters. The summed E-state index contributed by atoms with van der Waals surface area (Å²) in [6.07, 6.45) is -2.38. The van der Waals surface area contributed by atoms with Crippen LogP contribution in [-0.4, -0.2) is 59.9 Å². The molecule has 66 heavy (non-hydrogen) atoms. The van der Waals surface area contributed by atoms with E-state index in [1.807, 2.05) is 49.3 Å². The molecule has 9 rings (SSSR count). The van der Waals surface area contributed by atoms with Crippen molar-refractivity contribution in [1.29, 1.82) is 0 Å². The summed E-state index contributed by atoms with van der Waals surface area (Å²) in [5.74, 6) is -7.98. The zero-order valence-electron chi connectivity index (χ0n) is 35.1. The van der Waals surface area contributed by atoms with Crippen molar-refractivity contribution in [1.82, 2.24) is 9.99 Å². The monoisotopic (exact) mass is 1000 g/mol. The largest absolute Gasteiger partial charge is 0.503 e. The number of halogens is 6. The Balaban J connectivity index is 1.13. The van der Waals surface area contributed by atoms with Gasteiger partial charge in [0, 0.05) is 36.9 Å². The Labute approximate surface area is 394 Å². The summed E-state index contributed by atoms with van der Waals surface area (Å²) >= 11 is 16.1. The number of hydrogen-bond donors (Lipinski definition) is 2. The van der Waals surface area contributed by atoms with Gasteiger partial charge in [0.05, 0.1) is 62.4 Å². The highest BCUT2D eigenvalue weighted by Crippen LogP contribution is 2.65. The van der Waals surface area contributed by atoms with E-state index in [0.717, 1.165) is 10.6 Å². The molecule has 2 saturated heterocycles. The number of methoxy groups -OCH3 is 1. The number of pyridine rings is 1. The molecule has 338 valence electrons. The quantitative estimate of drug-likeness (QED) is 0.0833. The highest BCUT2D eigenvalue weighted by Gasteiger charge is 2.70. The molecule has 13 nitrogen and oxygen atoms in total. The molecular weight excluding hydrogens is 966 g/mol. The highest BCUT2D eigenvalue weighted by atomic mass is 79.9. The normalized spacial score (nSPS) is 23.8. The van der Waals surface area contributed by atoms with Gasteiger partial charge in [-0.05, 0) is 125 Å². The van der Waals surface area contributed by atoms with Gasteiger partial charge in [-0.15, -0.1) is 0 Å². The lowest BCUT2D eigenvalue weighted by Gasteiger charge is -2.50. The van der Waals surface area contributed by atoms with Crippen molar-refractivity contribution in [3.8, 4) is 11.5 Å². The number of hydrogen-bond acceptors (Lipinski definition) is 11. The fourth-order valence-electron chi connectivity index (χ4n) is 9.93. The lowest BCUT2D eigenvalue weighted by Crippen LogP contribution is -2.53. The minimum Gasteiger partial charge on any atom is -0.503 e. The van der Waals surface area contributed by atoms with Gasteiger partial charge in [-0.3, -0.25) is 29.5 Å². The van der Waals surface area contributed by atoms with Gasteiger partial charge < -0.3 is 14.7 Å². The molecule has 0 bridgehead atoms. The number of aromatic hydroxyl groups is 1. The van der Waals surface area contributed by atoms with E-state index in [-0.39, 0.29) is 28.8 Å². The van der Waals surface area contributed by atoms with Crippen LogP contribution in [0.5, 0.6) is 11.5 Å². The van der Waals surface area contributed by atoms with E-state index in [0.29, 0.717) is 56.1 Å². The molecule has 2 N–H and O–H groups in total. The second kappa shape index (κ2) is 16.8. The maximum atomic E-state index is 15.5. The molecule has 0 radical (unpaired) electrons. The Bertz CT molecular complexity index is 2880. The second-order valence-corrected chi connectivity index (χ2v) is 18.3. The summed E-state index contributed by atoms with van der Waals surface area (Å²) in [4.78, 5) is 66.8. The number of nitrogens with one attached hydrogen (secondary N) is 1. The molecule has 1 aromatic heterocycles. The van der Waals surface area contributed by atoms with E-state index in [2.05, 4.69) is 36.6 Å². The van der Waals surface area contributed by atoms with E-state index in [1.54, 1.807) is 60.7 Å². The van der Waals surface area contributed by atoms with Crippen molar-refractivity contribution in [2.24, 2.45) is 33.9 Å². The molecule has 4 aromatic carbocycles. The maximum absolute atomic E-state index is 15.5. The fraction of sp³-hybridized carbons (Fsp3) is 0.255. The average molecular weight is 1000 g/mol. The van der Waals surface area contributed by atoms with Crippen molar-refractivity contribution < 1.29 is 42.2 Å². The number of carbonyl (C=O) groups is 4. The van der Waals surface area contributed by atoms with Gasteiger partial charge in [0.15, 0.2) is 17.3 Å². The molecule has 3 fully saturated rings. The van der Waals surface area contributed by atoms with Crippen LogP contribution >= 0.6 is 39.1 Å². The standard InChI is InChI=1S/C47H37BrCl2F3N7O6/c1-58(2)29-12-8-27(9-13-29)55-56-28-10-14-30(15-11-28)59-42(62)32-17-16-31-33(38(32)44(59)64)21-34-43(63)60(57-41-36(50)20-25(22-54-41)47(51,52)53)45(65)46(34,24-4-6-26(49)7-5-24)39(31)23-18-35(48)40(61)37(19-23)66-3/h4-16,18-20,22,32-34,38-39,61H,17,21H2,1-3H3,(H,54,57). The molecule has 2 aliphatic carbocycles. The molecule has 3 heterocycles. The molecule has 4 aliphatic rings. The van der Waals surface area contributed by atoms with Crippen LogP contribution < -0.4 is 20.0 Å². The fourth-order valence-corrected chi connectivity index (χ4v) is 10.7. The van der Waals surface area contributed by atoms with Crippen molar-refractivity contribution in [2.45, 2.75) is 30.4 Å². The van der Waals surface area contributed by atoms with E-state index < -0.39 is 81.2 Å². The number of phenolic OH excluding ortho intramolecular Hbond substituents is 1. The van der Waals surface area contributed by atoms with Crippen molar-refractivity contribution in [2.75, 3.05) is 36.4 Å². The summed E-state index contributed by atoms with van der Waals surface area (Å²) in [7, 11) is 5.22. The molecule has 1 saturated carbocycles. The van der Waals surface area contributed by atoms with E-state index in [1.165, 1.54) is 7.11 Å². The van der Waals surface area contributed by atoms with Gasteiger partial charge in [0.2, 0.25) is 11.8 Å². The second-order valence-electron chi connectivity index (χ2n) is 16.6. The number of allylic oxidation sites excluding steroid dienone is 2. The smallest absolute Gasteiger partial charge is 0.417 e. The molecular formula is C47H37BrCl2F3N7O6. The van der Waals surface area contributed by atoms with E-state index in [9.17, 15) is 27.9 Å². The molecule has 0 spiro atoms. The molecule has 2 aliphatic heterocycles. The number of hydrazine groups is 1. The number of aromatic nitrogens is 1. The Hall–Kier alpha value is -6.30. The number of benzene rings is 4. The number of carbonyl (C=O) groups excluding carboxylic acids is 4. The average Bonchev–Trinajstić information content (AvgIpc) is 3.67. The van der Waals surface area contributed by atoms with Gasteiger partial charge in [-0.25, -0.2) is 4.98 Å². The number of amides is 4. The predicted octanol–water partition coefficient (Wildman–Crippen LogP) is 10.6. The highest BCUT2D eigenvalue weighted by molar-refractivity contribution is 9.10. The van der Waals surface area contributed by atoms with Gasteiger partial charge in [0.1, 0.15) is 0 Å². The number of ether oxygens (including phenoxy) is 1. The summed E-state index contributed by atoms with van der Waals surface area (Å²) in [5.41, 5.74) is 3.46. The number of anilines is 3. The van der Waals surface area contributed by atoms with E-state index >= 15 is 9.59 Å². The third-order valence-corrected chi connectivity index (χ3v) is 14.1. The third kappa shape index (κ3) is 7.37. The van der Waals surface area contributed by atoms with Crippen LogP contribution in [0.15, 0.2) is 124 Å². The number of rotatable bonds is 9. The number of azo groups is 1. The Morgan fingerprint density at radius 3 is 2.15 bits per heavy atom. The first kappa shape index (κ1) is 44.9. The molecule has 4 amide bonds. The lowest BCUT2D eigenvalue weighted by molar-refractivity contribution is -0.139. The van der Waals surface area contributed by atoms with Crippen LogP contribution in [0.4, 0.5) is 41.7 Å². The Morgan fingerprint density at radius 1 is 0.894 bits per heavy atom. The minimum atomic E-state index is -4.78. The van der Waals surface area contributed by atoms with Crippen molar-refractivity contribution in [3.05, 3.63) is 140 Å². The van der Waals surface area contributed by atoms with Crippen LogP contribution in [0.1, 0.15) is 35.4 Å². The molecule has 5 aromatic rings. The Kier molecular flexibility index (Phi) is 11.5. The first-order valence-electron chi connectivity index (χ1n) is 20.5. The third-order valence-electron chi connectivity index (χ3n) is 12.9. The maximum Gasteiger partial charge on any atom is 0.417 e. The first-order valence-corrected chi connectivity index (χ1v) is 22.1. The van der Waals surface area contributed by atoms with Gasteiger partial charge >= 0.3 is 6.18 Å². The number of phenols is 1. The number of nitrogens with zero attached hydrogens (tertiary/aromatic N) is 6.